The lowest BCUT2D eigenvalue weighted by molar-refractivity contribution is -0.122. The summed E-state index contributed by atoms with van der Waals surface area (Å²) in [7, 11) is 0. The molecule has 0 aromatic carbocycles. The summed E-state index contributed by atoms with van der Waals surface area (Å²) >= 11 is 1.59. The van der Waals surface area contributed by atoms with Crippen LogP contribution in [-0.2, 0) is 11.3 Å². The molecule has 3 rings (SSSR count). The molecular formula is C17H23N3O2S. The number of carbonyl (C=O) groups excluding carboxylic acids is 1. The first-order valence-electron chi connectivity index (χ1n) is 8.18. The van der Waals surface area contributed by atoms with E-state index in [2.05, 4.69) is 22.5 Å². The first kappa shape index (κ1) is 16.2. The third-order valence-corrected chi connectivity index (χ3v) is 5.26. The van der Waals surface area contributed by atoms with Crippen LogP contribution in [0.2, 0.25) is 0 Å². The van der Waals surface area contributed by atoms with Gasteiger partial charge in [-0.15, -0.1) is 11.3 Å². The molecule has 0 bridgehead atoms. The SMILES string of the molecule is CC(CC(=O)NCc1coc(-c2cccs2)n1)C1CCCNC1. The average molecular weight is 333 g/mol. The molecule has 0 spiro atoms. The lowest BCUT2D eigenvalue weighted by atomic mass is 9.85. The smallest absolute Gasteiger partial charge is 0.236 e. The lowest BCUT2D eigenvalue weighted by Gasteiger charge is -2.27. The number of hydrogen-bond acceptors (Lipinski definition) is 5. The second-order valence-electron chi connectivity index (χ2n) is 6.19. The van der Waals surface area contributed by atoms with Gasteiger partial charge in [0.25, 0.3) is 0 Å². The Balaban J connectivity index is 1.45. The van der Waals surface area contributed by atoms with E-state index in [4.69, 9.17) is 4.42 Å². The molecule has 5 nitrogen and oxygen atoms in total. The van der Waals surface area contributed by atoms with Gasteiger partial charge in [-0.05, 0) is 49.2 Å². The van der Waals surface area contributed by atoms with Crippen LogP contribution in [0, 0.1) is 11.8 Å². The Bertz CT molecular complexity index is 618. The highest BCUT2D eigenvalue weighted by atomic mass is 32.1. The first-order valence-corrected chi connectivity index (χ1v) is 9.06. The Morgan fingerprint density at radius 1 is 1.61 bits per heavy atom. The predicted octanol–water partition coefficient (Wildman–Crippen LogP) is 3.05. The highest BCUT2D eigenvalue weighted by Gasteiger charge is 2.22. The van der Waals surface area contributed by atoms with Crippen molar-refractivity contribution in [2.45, 2.75) is 32.7 Å². The van der Waals surface area contributed by atoms with Crippen LogP contribution in [0.25, 0.3) is 10.8 Å². The second-order valence-corrected chi connectivity index (χ2v) is 7.13. The maximum absolute atomic E-state index is 12.1. The molecule has 1 amide bonds. The van der Waals surface area contributed by atoms with Crippen LogP contribution in [0.4, 0.5) is 0 Å². The molecule has 1 fully saturated rings. The molecule has 6 heteroatoms. The molecule has 23 heavy (non-hydrogen) atoms. The number of carbonyl (C=O) groups is 1. The first-order chi connectivity index (χ1) is 11.2. The van der Waals surface area contributed by atoms with E-state index in [1.165, 1.54) is 12.8 Å². The van der Waals surface area contributed by atoms with Crippen molar-refractivity contribution in [2.24, 2.45) is 11.8 Å². The van der Waals surface area contributed by atoms with E-state index in [-0.39, 0.29) is 5.91 Å². The van der Waals surface area contributed by atoms with E-state index in [1.807, 2.05) is 17.5 Å². The van der Waals surface area contributed by atoms with Crippen LogP contribution in [0.5, 0.6) is 0 Å². The quantitative estimate of drug-likeness (QED) is 0.853. The second kappa shape index (κ2) is 7.75. The number of hydrogen-bond donors (Lipinski definition) is 2. The van der Waals surface area contributed by atoms with Gasteiger partial charge in [0.2, 0.25) is 11.8 Å². The van der Waals surface area contributed by atoms with Crippen LogP contribution < -0.4 is 10.6 Å². The monoisotopic (exact) mass is 333 g/mol. The number of amides is 1. The minimum Gasteiger partial charge on any atom is -0.443 e. The molecule has 124 valence electrons. The summed E-state index contributed by atoms with van der Waals surface area (Å²) in [5.41, 5.74) is 0.758. The molecule has 2 aromatic rings. The van der Waals surface area contributed by atoms with Gasteiger partial charge < -0.3 is 15.1 Å². The molecular weight excluding hydrogens is 310 g/mol. The summed E-state index contributed by atoms with van der Waals surface area (Å²) < 4.78 is 5.46. The van der Waals surface area contributed by atoms with Gasteiger partial charge in [0.05, 0.1) is 17.1 Å². The lowest BCUT2D eigenvalue weighted by Crippen LogP contribution is -2.35. The fourth-order valence-corrected chi connectivity index (χ4v) is 3.64. The maximum atomic E-state index is 12.1. The van der Waals surface area contributed by atoms with Crippen molar-refractivity contribution in [1.82, 2.24) is 15.6 Å². The molecule has 0 aliphatic carbocycles. The average Bonchev–Trinajstić information content (AvgIpc) is 3.25. The Labute approximate surface area is 140 Å². The molecule has 2 atom stereocenters. The van der Waals surface area contributed by atoms with E-state index < -0.39 is 0 Å². The molecule has 3 heterocycles. The van der Waals surface area contributed by atoms with Crippen molar-refractivity contribution in [3.8, 4) is 10.8 Å². The number of piperidine rings is 1. The number of oxazole rings is 1. The number of nitrogens with one attached hydrogen (secondary N) is 2. The largest absolute Gasteiger partial charge is 0.443 e. The Hall–Kier alpha value is -1.66. The molecule has 1 aliphatic rings. The van der Waals surface area contributed by atoms with Crippen molar-refractivity contribution < 1.29 is 9.21 Å². The zero-order valence-electron chi connectivity index (χ0n) is 13.4. The van der Waals surface area contributed by atoms with Gasteiger partial charge in [0.1, 0.15) is 6.26 Å². The maximum Gasteiger partial charge on any atom is 0.236 e. The fraction of sp³-hybridized carbons (Fsp3) is 0.529. The minimum atomic E-state index is 0.0868. The fourth-order valence-electron chi connectivity index (χ4n) is 2.99. The molecule has 2 aromatic heterocycles. The summed E-state index contributed by atoms with van der Waals surface area (Å²) in [6.07, 6.45) is 4.61. The van der Waals surface area contributed by atoms with E-state index >= 15 is 0 Å². The zero-order chi connectivity index (χ0) is 16.1. The van der Waals surface area contributed by atoms with Crippen molar-refractivity contribution in [3.63, 3.8) is 0 Å². The van der Waals surface area contributed by atoms with Crippen LogP contribution >= 0.6 is 11.3 Å². The molecule has 1 aliphatic heterocycles. The number of aromatic nitrogens is 1. The highest BCUT2D eigenvalue weighted by Crippen LogP contribution is 2.24. The van der Waals surface area contributed by atoms with Crippen molar-refractivity contribution >= 4 is 17.2 Å². The summed E-state index contributed by atoms with van der Waals surface area (Å²) in [6, 6.07) is 3.94. The molecule has 2 N–H and O–H groups in total. The van der Waals surface area contributed by atoms with Crippen molar-refractivity contribution in [1.29, 1.82) is 0 Å². The molecule has 1 saturated heterocycles. The number of nitrogens with zero attached hydrogens (tertiary/aromatic N) is 1. The summed E-state index contributed by atoms with van der Waals surface area (Å²) in [4.78, 5) is 17.5. The zero-order valence-corrected chi connectivity index (χ0v) is 14.2. The highest BCUT2D eigenvalue weighted by molar-refractivity contribution is 7.13. The summed E-state index contributed by atoms with van der Waals surface area (Å²) in [5.74, 6) is 1.71. The minimum absolute atomic E-state index is 0.0868. The Kier molecular flexibility index (Phi) is 5.46. The van der Waals surface area contributed by atoms with E-state index in [1.54, 1.807) is 17.6 Å². The standard InChI is InChI=1S/C17H23N3O2S/c1-12(13-4-2-6-18-9-13)8-16(21)19-10-14-11-22-17(20-14)15-5-3-7-23-15/h3,5,7,11-13,18H,2,4,6,8-10H2,1H3,(H,19,21). The van der Waals surface area contributed by atoms with Gasteiger partial charge in [-0.25, -0.2) is 4.98 Å². The van der Waals surface area contributed by atoms with Gasteiger partial charge in [0, 0.05) is 6.42 Å². The predicted molar refractivity (Wildman–Crippen MR) is 91.0 cm³/mol. The third kappa shape index (κ3) is 4.42. The van der Waals surface area contributed by atoms with Gasteiger partial charge in [-0.2, -0.15) is 0 Å². The summed E-state index contributed by atoms with van der Waals surface area (Å²) in [5, 5.41) is 8.35. The normalized spacial score (nSPS) is 19.4. The topological polar surface area (TPSA) is 67.2 Å². The molecule has 0 saturated carbocycles. The van der Waals surface area contributed by atoms with Gasteiger partial charge in [-0.3, -0.25) is 4.79 Å². The van der Waals surface area contributed by atoms with Gasteiger partial charge in [-0.1, -0.05) is 13.0 Å². The number of rotatable bonds is 6. The van der Waals surface area contributed by atoms with E-state index in [9.17, 15) is 4.79 Å². The third-order valence-electron chi connectivity index (χ3n) is 4.40. The van der Waals surface area contributed by atoms with Gasteiger partial charge >= 0.3 is 0 Å². The van der Waals surface area contributed by atoms with E-state index in [0.29, 0.717) is 30.7 Å². The summed E-state index contributed by atoms with van der Waals surface area (Å²) in [6.45, 7) is 4.72. The van der Waals surface area contributed by atoms with Crippen molar-refractivity contribution in [2.75, 3.05) is 13.1 Å². The Morgan fingerprint density at radius 3 is 3.26 bits per heavy atom. The van der Waals surface area contributed by atoms with Crippen molar-refractivity contribution in [3.05, 3.63) is 29.5 Å². The van der Waals surface area contributed by atoms with Crippen LogP contribution in [0.1, 0.15) is 31.9 Å². The number of thiophene rings is 1. The van der Waals surface area contributed by atoms with Crippen LogP contribution in [0.15, 0.2) is 28.2 Å². The molecule has 2 unspecified atom stereocenters. The molecule has 0 radical (unpaired) electrons. The van der Waals surface area contributed by atoms with Crippen LogP contribution in [0.3, 0.4) is 0 Å². The van der Waals surface area contributed by atoms with E-state index in [0.717, 1.165) is 23.7 Å². The Morgan fingerprint density at radius 2 is 2.52 bits per heavy atom. The van der Waals surface area contributed by atoms with Crippen LogP contribution in [-0.4, -0.2) is 24.0 Å². The van der Waals surface area contributed by atoms with Gasteiger partial charge in [0.15, 0.2) is 0 Å².